The van der Waals surface area contributed by atoms with Crippen molar-refractivity contribution in [3.05, 3.63) is 40.8 Å². The quantitative estimate of drug-likeness (QED) is 0.857. The molecule has 1 unspecified atom stereocenters. The average molecular weight is 354 g/mol. The fourth-order valence-electron chi connectivity index (χ4n) is 2.71. The lowest BCUT2D eigenvalue weighted by Crippen LogP contribution is -2.36. The van der Waals surface area contributed by atoms with Crippen LogP contribution in [-0.2, 0) is 9.59 Å². The Morgan fingerprint density at radius 3 is 2.72 bits per heavy atom. The van der Waals surface area contributed by atoms with Crippen molar-refractivity contribution in [3.63, 3.8) is 0 Å². The van der Waals surface area contributed by atoms with Crippen LogP contribution in [0.1, 0.15) is 6.42 Å². The molecule has 0 radical (unpaired) electrons. The smallest absolute Gasteiger partial charge is 0.406 e. The van der Waals surface area contributed by atoms with Gasteiger partial charge in [-0.15, -0.1) is 0 Å². The number of halogens is 3. The van der Waals surface area contributed by atoms with E-state index in [0.29, 0.717) is 21.6 Å². The maximum atomic E-state index is 12.4. The van der Waals surface area contributed by atoms with Crippen LogP contribution >= 0.6 is 0 Å². The molecule has 1 aliphatic rings. The molecule has 9 heteroatoms. The van der Waals surface area contributed by atoms with E-state index < -0.39 is 36.1 Å². The number of anilines is 1. The molecule has 1 fully saturated rings. The first-order valence-corrected chi connectivity index (χ1v) is 7.40. The van der Waals surface area contributed by atoms with Gasteiger partial charge < -0.3 is 14.6 Å². The zero-order valence-electron chi connectivity index (χ0n) is 12.8. The average Bonchev–Trinajstić information content (AvgIpc) is 2.87. The number of amides is 2. The summed E-state index contributed by atoms with van der Waals surface area (Å²) in [5.41, 5.74) is 0.240. The van der Waals surface area contributed by atoms with Crippen molar-refractivity contribution in [1.82, 2.24) is 4.90 Å². The maximum absolute atomic E-state index is 12.4. The highest BCUT2D eigenvalue weighted by atomic mass is 19.4. The number of carbonyl (C=O) groups excluding carboxylic acids is 2. The van der Waals surface area contributed by atoms with Crippen molar-refractivity contribution in [2.45, 2.75) is 12.6 Å². The number of rotatable bonds is 3. The van der Waals surface area contributed by atoms with Crippen LogP contribution in [0.5, 0.6) is 0 Å². The van der Waals surface area contributed by atoms with Gasteiger partial charge in [0.15, 0.2) is 0 Å². The highest BCUT2D eigenvalue weighted by Crippen LogP contribution is 2.25. The topological polar surface area (TPSA) is 79.6 Å². The lowest BCUT2D eigenvalue weighted by atomic mass is 10.1. The first-order chi connectivity index (χ1) is 11.7. The van der Waals surface area contributed by atoms with Crippen LogP contribution in [0, 0.1) is 5.92 Å². The number of fused-ring (bicyclic) bond motifs is 1. The predicted molar refractivity (Wildman–Crippen MR) is 81.9 cm³/mol. The molecule has 2 heterocycles. The zero-order chi connectivity index (χ0) is 18.2. The Kier molecular flexibility index (Phi) is 4.23. The first kappa shape index (κ1) is 17.0. The van der Waals surface area contributed by atoms with Crippen LogP contribution in [0.15, 0.2) is 39.5 Å². The monoisotopic (exact) mass is 354 g/mol. The van der Waals surface area contributed by atoms with Crippen molar-refractivity contribution >= 4 is 28.5 Å². The molecular weight excluding hydrogens is 341 g/mol. The van der Waals surface area contributed by atoms with E-state index in [1.165, 1.54) is 24.3 Å². The molecule has 6 nitrogen and oxygen atoms in total. The van der Waals surface area contributed by atoms with Gasteiger partial charge in [0.1, 0.15) is 12.1 Å². The van der Waals surface area contributed by atoms with Gasteiger partial charge in [-0.1, -0.05) is 0 Å². The summed E-state index contributed by atoms with van der Waals surface area (Å²) in [4.78, 5) is 35.6. The molecule has 1 N–H and O–H groups in total. The van der Waals surface area contributed by atoms with Crippen LogP contribution in [0.25, 0.3) is 11.0 Å². The second kappa shape index (κ2) is 6.23. The molecule has 1 saturated heterocycles. The van der Waals surface area contributed by atoms with Gasteiger partial charge in [0, 0.05) is 30.1 Å². The minimum Gasteiger partial charge on any atom is -0.423 e. The third kappa shape index (κ3) is 3.98. The van der Waals surface area contributed by atoms with Crippen molar-refractivity contribution < 1.29 is 27.2 Å². The number of carbonyl (C=O) groups is 2. The molecule has 3 rings (SSSR count). The summed E-state index contributed by atoms with van der Waals surface area (Å²) in [5.74, 6) is -2.08. The minimum absolute atomic E-state index is 0.260. The van der Waals surface area contributed by atoms with Gasteiger partial charge in [-0.25, -0.2) is 4.79 Å². The molecule has 1 aromatic heterocycles. The summed E-state index contributed by atoms with van der Waals surface area (Å²) in [5, 5.41) is 3.16. The fourth-order valence-corrected chi connectivity index (χ4v) is 2.71. The van der Waals surface area contributed by atoms with Gasteiger partial charge in [-0.3, -0.25) is 9.59 Å². The summed E-state index contributed by atoms with van der Waals surface area (Å²) in [7, 11) is 0. The van der Waals surface area contributed by atoms with E-state index >= 15 is 0 Å². The molecule has 25 heavy (non-hydrogen) atoms. The molecule has 1 aromatic carbocycles. The normalized spacial score (nSPS) is 18.0. The van der Waals surface area contributed by atoms with Gasteiger partial charge in [0.25, 0.3) is 0 Å². The second-order valence-corrected chi connectivity index (χ2v) is 5.79. The molecule has 132 valence electrons. The van der Waals surface area contributed by atoms with E-state index in [9.17, 15) is 27.6 Å². The molecule has 0 bridgehead atoms. The first-order valence-electron chi connectivity index (χ1n) is 7.40. The number of alkyl halides is 3. The molecular formula is C16H13F3N2O4. The Morgan fingerprint density at radius 1 is 1.24 bits per heavy atom. The van der Waals surface area contributed by atoms with E-state index in [2.05, 4.69) is 5.32 Å². The third-order valence-corrected chi connectivity index (χ3v) is 3.84. The van der Waals surface area contributed by atoms with Crippen molar-refractivity contribution in [2.24, 2.45) is 5.92 Å². The van der Waals surface area contributed by atoms with E-state index in [1.807, 2.05) is 0 Å². The third-order valence-electron chi connectivity index (χ3n) is 3.84. The van der Waals surface area contributed by atoms with Crippen LogP contribution < -0.4 is 10.9 Å². The number of likely N-dealkylation sites (tertiary alicyclic amines) is 1. The highest BCUT2D eigenvalue weighted by molar-refractivity contribution is 5.98. The summed E-state index contributed by atoms with van der Waals surface area (Å²) in [6, 6.07) is 7.34. The summed E-state index contributed by atoms with van der Waals surface area (Å²) in [6.45, 7) is -1.63. The molecule has 1 aliphatic heterocycles. The Labute approximate surface area is 139 Å². The van der Waals surface area contributed by atoms with E-state index in [0.717, 1.165) is 0 Å². The van der Waals surface area contributed by atoms with Gasteiger partial charge in [0.05, 0.1) is 5.92 Å². The number of hydrogen-bond acceptors (Lipinski definition) is 4. The number of hydrogen-bond donors (Lipinski definition) is 1. The number of nitrogens with one attached hydrogen (secondary N) is 1. The van der Waals surface area contributed by atoms with Crippen molar-refractivity contribution in [3.8, 4) is 0 Å². The Bertz CT molecular complexity index is 891. The van der Waals surface area contributed by atoms with Gasteiger partial charge >= 0.3 is 11.8 Å². The fraction of sp³-hybridized carbons (Fsp3) is 0.312. The lowest BCUT2D eigenvalue weighted by molar-refractivity contribution is -0.157. The number of benzene rings is 1. The largest absolute Gasteiger partial charge is 0.423 e. The van der Waals surface area contributed by atoms with Crippen LogP contribution in [0.4, 0.5) is 18.9 Å². The van der Waals surface area contributed by atoms with Crippen LogP contribution in [0.3, 0.4) is 0 Å². The van der Waals surface area contributed by atoms with E-state index in [4.69, 9.17) is 4.42 Å². The molecule has 0 saturated carbocycles. The second-order valence-electron chi connectivity index (χ2n) is 5.79. The standard InChI is InChI=1S/C16H13F3N2O4/c17-16(18,19)8-21-7-10(6-13(21)22)15(24)20-11-2-3-12-9(5-11)1-4-14(23)25-12/h1-5,10H,6-8H2,(H,20,24). The van der Waals surface area contributed by atoms with Crippen LogP contribution in [-0.4, -0.2) is 36.0 Å². The van der Waals surface area contributed by atoms with Crippen LogP contribution in [0.2, 0.25) is 0 Å². The van der Waals surface area contributed by atoms with Crippen molar-refractivity contribution in [2.75, 3.05) is 18.4 Å². The summed E-state index contributed by atoms with van der Waals surface area (Å²) < 4.78 is 42.2. The highest BCUT2D eigenvalue weighted by Gasteiger charge is 2.40. The molecule has 0 aliphatic carbocycles. The summed E-state index contributed by atoms with van der Waals surface area (Å²) >= 11 is 0. The maximum Gasteiger partial charge on any atom is 0.406 e. The Balaban J connectivity index is 1.69. The molecule has 2 aromatic rings. The molecule has 1 atom stereocenters. The Hall–Kier alpha value is -2.84. The molecule has 0 spiro atoms. The lowest BCUT2D eigenvalue weighted by Gasteiger charge is -2.18. The minimum atomic E-state index is -4.50. The van der Waals surface area contributed by atoms with Gasteiger partial charge in [-0.05, 0) is 24.3 Å². The van der Waals surface area contributed by atoms with Crippen molar-refractivity contribution in [1.29, 1.82) is 0 Å². The zero-order valence-corrected chi connectivity index (χ0v) is 12.8. The SMILES string of the molecule is O=C(Nc1ccc2oc(=O)ccc2c1)C1CC(=O)N(CC(F)(F)F)C1. The van der Waals surface area contributed by atoms with E-state index in [-0.39, 0.29) is 13.0 Å². The predicted octanol–water partition coefficient (Wildman–Crippen LogP) is 2.14. The van der Waals surface area contributed by atoms with Gasteiger partial charge in [-0.2, -0.15) is 13.2 Å². The number of nitrogens with zero attached hydrogens (tertiary/aromatic N) is 1. The van der Waals surface area contributed by atoms with Gasteiger partial charge in [0.2, 0.25) is 11.8 Å². The Morgan fingerprint density at radius 2 is 2.00 bits per heavy atom. The summed E-state index contributed by atoms with van der Waals surface area (Å²) in [6.07, 6.45) is -4.76. The van der Waals surface area contributed by atoms with E-state index in [1.54, 1.807) is 6.07 Å². The molecule has 2 amide bonds.